The molecule has 12 heavy (non-hydrogen) atoms. The molecule has 0 saturated heterocycles. The van der Waals surface area contributed by atoms with Gasteiger partial charge in [0.2, 0.25) is 0 Å². The first-order valence-electron chi connectivity index (χ1n) is 3.29. The predicted molar refractivity (Wildman–Crippen MR) is 46.2 cm³/mol. The van der Waals surface area contributed by atoms with E-state index in [9.17, 15) is 5.11 Å². The van der Waals surface area contributed by atoms with Crippen molar-refractivity contribution in [3.8, 4) is 17.2 Å². The Bertz CT molecular complexity index is 263. The van der Waals surface area contributed by atoms with Crippen LogP contribution in [0, 0.1) is 0 Å². The Morgan fingerprint density at radius 3 is 2.33 bits per heavy atom. The molecule has 0 fully saturated rings. The summed E-state index contributed by atoms with van der Waals surface area (Å²) in [4.78, 5) is 0. The van der Waals surface area contributed by atoms with Gasteiger partial charge in [0.25, 0.3) is 0 Å². The van der Waals surface area contributed by atoms with Crippen molar-refractivity contribution in [3.05, 3.63) is 17.2 Å². The van der Waals surface area contributed by atoms with Crippen molar-refractivity contribution in [2.45, 2.75) is 0 Å². The van der Waals surface area contributed by atoms with Crippen molar-refractivity contribution in [1.82, 2.24) is 0 Å². The number of rotatable bonds is 2. The van der Waals surface area contributed by atoms with E-state index in [1.54, 1.807) is 6.07 Å². The molecule has 4 heteroatoms. The minimum absolute atomic E-state index is 0.0261. The van der Waals surface area contributed by atoms with Gasteiger partial charge in [0.15, 0.2) is 11.5 Å². The zero-order valence-corrected chi connectivity index (χ0v) is 7.55. The smallest absolute Gasteiger partial charge is 0.179 e. The second-order valence-corrected chi connectivity index (χ2v) is 2.57. The summed E-state index contributed by atoms with van der Waals surface area (Å²) < 4.78 is 9.71. The summed E-state index contributed by atoms with van der Waals surface area (Å²) in [6.45, 7) is 0. The van der Waals surface area contributed by atoms with Crippen LogP contribution in [0.1, 0.15) is 0 Å². The van der Waals surface area contributed by atoms with Crippen LogP contribution in [0.15, 0.2) is 12.1 Å². The lowest BCUT2D eigenvalue weighted by Crippen LogP contribution is -1.87. The van der Waals surface area contributed by atoms with Gasteiger partial charge >= 0.3 is 0 Å². The van der Waals surface area contributed by atoms with Gasteiger partial charge in [0, 0.05) is 12.1 Å². The van der Waals surface area contributed by atoms with E-state index in [-0.39, 0.29) is 11.5 Å². The number of aromatic hydroxyl groups is 1. The van der Waals surface area contributed by atoms with Crippen LogP contribution in [-0.2, 0) is 0 Å². The monoisotopic (exact) mass is 188 g/mol. The third kappa shape index (κ3) is 1.56. The SMILES string of the molecule is COc1cc(O)c(OC)c(Cl)c1. The van der Waals surface area contributed by atoms with E-state index in [2.05, 4.69) is 0 Å². The van der Waals surface area contributed by atoms with E-state index in [1.807, 2.05) is 0 Å². The number of phenols is 1. The number of halogens is 1. The Hall–Kier alpha value is -1.09. The van der Waals surface area contributed by atoms with Crippen molar-refractivity contribution in [1.29, 1.82) is 0 Å². The van der Waals surface area contributed by atoms with Crippen LogP contribution in [-0.4, -0.2) is 19.3 Å². The average Bonchev–Trinajstić information content (AvgIpc) is 2.03. The molecule has 66 valence electrons. The lowest BCUT2D eigenvalue weighted by atomic mass is 10.3. The Labute approximate surface area is 75.5 Å². The second-order valence-electron chi connectivity index (χ2n) is 2.16. The molecule has 1 aromatic rings. The van der Waals surface area contributed by atoms with E-state index in [0.717, 1.165) is 0 Å². The summed E-state index contributed by atoms with van der Waals surface area (Å²) in [7, 11) is 2.94. The van der Waals surface area contributed by atoms with Gasteiger partial charge in [-0.15, -0.1) is 0 Å². The van der Waals surface area contributed by atoms with Crippen LogP contribution >= 0.6 is 11.6 Å². The molecule has 0 amide bonds. The van der Waals surface area contributed by atoms with Crippen molar-refractivity contribution >= 4 is 11.6 Å². The second kappa shape index (κ2) is 3.54. The van der Waals surface area contributed by atoms with Crippen molar-refractivity contribution in [2.24, 2.45) is 0 Å². The third-order valence-electron chi connectivity index (χ3n) is 1.44. The standard InChI is InChI=1S/C8H9ClO3/c1-11-5-3-6(9)8(12-2)7(10)4-5/h3-4,10H,1-2H3. The number of hydrogen-bond acceptors (Lipinski definition) is 3. The Morgan fingerprint density at radius 1 is 1.25 bits per heavy atom. The number of phenolic OH excluding ortho intramolecular Hbond substituents is 1. The molecule has 0 atom stereocenters. The molecule has 0 aliphatic carbocycles. The molecule has 0 radical (unpaired) electrons. The molecule has 0 spiro atoms. The van der Waals surface area contributed by atoms with E-state index in [4.69, 9.17) is 21.1 Å². The highest BCUT2D eigenvalue weighted by atomic mass is 35.5. The molecular weight excluding hydrogens is 180 g/mol. The summed E-state index contributed by atoms with van der Waals surface area (Å²) in [5.74, 6) is 0.734. The zero-order valence-electron chi connectivity index (χ0n) is 6.80. The van der Waals surface area contributed by atoms with Crippen LogP contribution in [0.4, 0.5) is 0 Å². The zero-order chi connectivity index (χ0) is 9.14. The minimum Gasteiger partial charge on any atom is -0.504 e. The van der Waals surface area contributed by atoms with Crippen molar-refractivity contribution in [2.75, 3.05) is 14.2 Å². The molecule has 1 N–H and O–H groups in total. The van der Waals surface area contributed by atoms with Crippen molar-refractivity contribution < 1.29 is 14.6 Å². The van der Waals surface area contributed by atoms with Crippen LogP contribution in [0.2, 0.25) is 5.02 Å². The fourth-order valence-electron chi connectivity index (χ4n) is 0.875. The molecule has 0 aromatic heterocycles. The Balaban J connectivity index is 3.18. The number of benzene rings is 1. The summed E-state index contributed by atoms with van der Waals surface area (Å²) in [5, 5.41) is 9.64. The van der Waals surface area contributed by atoms with Crippen LogP contribution < -0.4 is 9.47 Å². The molecule has 0 heterocycles. The van der Waals surface area contributed by atoms with Crippen LogP contribution in [0.5, 0.6) is 17.2 Å². The van der Waals surface area contributed by atoms with Gasteiger partial charge in [-0.1, -0.05) is 11.6 Å². The normalized spacial score (nSPS) is 9.58. The predicted octanol–water partition coefficient (Wildman–Crippen LogP) is 2.06. The van der Waals surface area contributed by atoms with Crippen LogP contribution in [0.3, 0.4) is 0 Å². The Kier molecular flexibility index (Phi) is 2.65. The summed E-state index contributed by atoms with van der Waals surface area (Å²) in [6, 6.07) is 3.00. The van der Waals surface area contributed by atoms with Gasteiger partial charge in [-0.05, 0) is 0 Å². The lowest BCUT2D eigenvalue weighted by Gasteiger charge is -2.07. The van der Waals surface area contributed by atoms with E-state index >= 15 is 0 Å². The minimum atomic E-state index is -0.0261. The van der Waals surface area contributed by atoms with Crippen molar-refractivity contribution in [3.63, 3.8) is 0 Å². The van der Waals surface area contributed by atoms with Gasteiger partial charge in [0.1, 0.15) is 5.75 Å². The molecule has 0 unspecified atom stereocenters. The first kappa shape index (κ1) is 9.00. The molecular formula is C8H9ClO3. The fraction of sp³-hybridized carbons (Fsp3) is 0.250. The fourth-order valence-corrected chi connectivity index (χ4v) is 1.16. The maximum Gasteiger partial charge on any atom is 0.179 e. The van der Waals surface area contributed by atoms with Gasteiger partial charge in [-0.3, -0.25) is 0 Å². The van der Waals surface area contributed by atoms with Gasteiger partial charge < -0.3 is 14.6 Å². The first-order valence-corrected chi connectivity index (χ1v) is 3.67. The topological polar surface area (TPSA) is 38.7 Å². The highest BCUT2D eigenvalue weighted by Crippen LogP contribution is 2.37. The molecule has 3 nitrogen and oxygen atoms in total. The highest BCUT2D eigenvalue weighted by molar-refractivity contribution is 6.32. The van der Waals surface area contributed by atoms with Gasteiger partial charge in [0.05, 0.1) is 19.2 Å². The Morgan fingerprint density at radius 2 is 1.92 bits per heavy atom. The maximum absolute atomic E-state index is 9.31. The summed E-state index contributed by atoms with van der Waals surface area (Å²) in [6.07, 6.45) is 0. The molecule has 1 aromatic carbocycles. The number of ether oxygens (including phenoxy) is 2. The summed E-state index contributed by atoms with van der Waals surface area (Å²) >= 11 is 5.75. The third-order valence-corrected chi connectivity index (χ3v) is 1.72. The van der Waals surface area contributed by atoms with E-state index in [0.29, 0.717) is 10.8 Å². The lowest BCUT2D eigenvalue weighted by molar-refractivity contribution is 0.366. The molecule has 1 rings (SSSR count). The first-order chi connectivity index (χ1) is 5.69. The maximum atomic E-state index is 9.31. The quantitative estimate of drug-likeness (QED) is 0.772. The van der Waals surface area contributed by atoms with E-state index < -0.39 is 0 Å². The molecule has 0 aliphatic rings. The molecule has 0 bridgehead atoms. The molecule has 0 aliphatic heterocycles. The highest BCUT2D eigenvalue weighted by Gasteiger charge is 2.08. The number of hydrogen-bond donors (Lipinski definition) is 1. The summed E-state index contributed by atoms with van der Waals surface area (Å²) in [5.41, 5.74) is 0. The van der Waals surface area contributed by atoms with Gasteiger partial charge in [-0.2, -0.15) is 0 Å². The average molecular weight is 189 g/mol. The molecule has 0 saturated carbocycles. The van der Waals surface area contributed by atoms with Gasteiger partial charge in [-0.25, -0.2) is 0 Å². The van der Waals surface area contributed by atoms with Crippen LogP contribution in [0.25, 0.3) is 0 Å². The number of methoxy groups -OCH3 is 2. The largest absolute Gasteiger partial charge is 0.504 e. The van der Waals surface area contributed by atoms with E-state index in [1.165, 1.54) is 20.3 Å².